The van der Waals surface area contributed by atoms with Crippen LogP contribution in [0, 0.1) is 6.92 Å². The first-order valence-corrected chi connectivity index (χ1v) is 7.43. The van der Waals surface area contributed by atoms with E-state index in [9.17, 15) is 0 Å². The van der Waals surface area contributed by atoms with Gasteiger partial charge in [-0.3, -0.25) is 15.0 Å². The molecule has 0 aliphatic carbocycles. The maximum absolute atomic E-state index is 5.50. The minimum absolute atomic E-state index is 0.439. The Morgan fingerprint density at radius 3 is 2.67 bits per heavy atom. The Labute approximate surface area is 138 Å². The molecule has 4 heterocycles. The van der Waals surface area contributed by atoms with Crippen LogP contribution in [0.4, 0.5) is 0 Å². The molecule has 0 fully saturated rings. The topological polar surface area (TPSA) is 77.6 Å². The summed E-state index contributed by atoms with van der Waals surface area (Å²) < 4.78 is 5.50. The van der Waals surface area contributed by atoms with Gasteiger partial charge in [-0.15, -0.1) is 0 Å². The van der Waals surface area contributed by atoms with Gasteiger partial charge >= 0.3 is 0 Å². The molecule has 6 nitrogen and oxygen atoms in total. The Morgan fingerprint density at radius 1 is 0.917 bits per heavy atom. The highest BCUT2D eigenvalue weighted by atomic mass is 16.5. The SMILES string of the molecule is Cc1cncc(-c2cccnc2)c1-c1nc(-c2ccccn2)no1. The van der Waals surface area contributed by atoms with E-state index >= 15 is 0 Å². The van der Waals surface area contributed by atoms with Gasteiger partial charge in [0.15, 0.2) is 0 Å². The normalized spacial score (nSPS) is 10.7. The van der Waals surface area contributed by atoms with Gasteiger partial charge in [0.25, 0.3) is 5.89 Å². The highest BCUT2D eigenvalue weighted by molar-refractivity contribution is 5.81. The zero-order chi connectivity index (χ0) is 16.4. The van der Waals surface area contributed by atoms with Crippen LogP contribution in [0.5, 0.6) is 0 Å². The second-order valence-corrected chi connectivity index (χ2v) is 5.26. The lowest BCUT2D eigenvalue weighted by atomic mass is 10.00. The fraction of sp³-hybridized carbons (Fsp3) is 0.0556. The molecule has 0 aromatic carbocycles. The Bertz CT molecular complexity index is 967. The number of hydrogen-bond acceptors (Lipinski definition) is 6. The third-order valence-electron chi connectivity index (χ3n) is 3.64. The molecule has 0 bridgehead atoms. The summed E-state index contributed by atoms with van der Waals surface area (Å²) in [5.74, 6) is 0.897. The quantitative estimate of drug-likeness (QED) is 0.575. The van der Waals surface area contributed by atoms with Crippen LogP contribution >= 0.6 is 0 Å². The molecule has 24 heavy (non-hydrogen) atoms. The molecule has 4 rings (SSSR count). The van der Waals surface area contributed by atoms with Crippen LogP contribution in [-0.4, -0.2) is 25.1 Å². The lowest BCUT2D eigenvalue weighted by molar-refractivity contribution is 0.432. The van der Waals surface area contributed by atoms with E-state index in [0.29, 0.717) is 17.4 Å². The molecular weight excluding hydrogens is 302 g/mol. The lowest BCUT2D eigenvalue weighted by Crippen LogP contribution is -1.92. The highest BCUT2D eigenvalue weighted by Crippen LogP contribution is 2.33. The van der Waals surface area contributed by atoms with Gasteiger partial charge in [-0.2, -0.15) is 4.98 Å². The molecule has 0 aliphatic heterocycles. The first-order chi connectivity index (χ1) is 11.8. The number of hydrogen-bond donors (Lipinski definition) is 0. The molecule has 0 atom stereocenters. The van der Waals surface area contributed by atoms with E-state index in [1.54, 1.807) is 31.0 Å². The molecule has 6 heteroatoms. The number of nitrogens with zero attached hydrogens (tertiary/aromatic N) is 5. The Hall–Kier alpha value is -3.41. The van der Waals surface area contributed by atoms with Gasteiger partial charge in [0.1, 0.15) is 5.69 Å². The first-order valence-electron chi connectivity index (χ1n) is 7.43. The average molecular weight is 315 g/mol. The van der Waals surface area contributed by atoms with Crippen molar-refractivity contribution in [2.45, 2.75) is 6.92 Å². The van der Waals surface area contributed by atoms with E-state index in [1.165, 1.54) is 0 Å². The molecule has 0 radical (unpaired) electrons. The van der Waals surface area contributed by atoms with Gasteiger partial charge in [0, 0.05) is 42.1 Å². The van der Waals surface area contributed by atoms with E-state index in [-0.39, 0.29) is 0 Å². The summed E-state index contributed by atoms with van der Waals surface area (Å²) in [6.45, 7) is 1.97. The molecule has 0 spiro atoms. The summed E-state index contributed by atoms with van der Waals surface area (Å²) in [7, 11) is 0. The number of pyridine rings is 3. The summed E-state index contributed by atoms with van der Waals surface area (Å²) in [5.41, 5.74) is 4.32. The lowest BCUT2D eigenvalue weighted by Gasteiger charge is -2.08. The van der Waals surface area contributed by atoms with E-state index in [2.05, 4.69) is 25.1 Å². The van der Waals surface area contributed by atoms with Crippen LogP contribution in [0.2, 0.25) is 0 Å². The van der Waals surface area contributed by atoms with E-state index in [4.69, 9.17) is 4.52 Å². The van der Waals surface area contributed by atoms with Crippen LogP contribution < -0.4 is 0 Å². The molecular formula is C18H13N5O. The van der Waals surface area contributed by atoms with Crippen LogP contribution in [0.1, 0.15) is 5.56 Å². The second kappa shape index (κ2) is 6.00. The van der Waals surface area contributed by atoms with Crippen molar-refractivity contribution < 1.29 is 4.52 Å². The highest BCUT2D eigenvalue weighted by Gasteiger charge is 2.18. The standard InChI is InChI=1S/C18H13N5O/c1-12-9-20-11-14(13-5-4-7-19-10-13)16(12)18-22-17(23-24-18)15-6-2-3-8-21-15/h2-11H,1H3. The van der Waals surface area contributed by atoms with Crippen molar-refractivity contribution >= 4 is 0 Å². The summed E-state index contributed by atoms with van der Waals surface area (Å²) in [5, 5.41) is 4.05. The van der Waals surface area contributed by atoms with Crippen LogP contribution in [0.25, 0.3) is 34.1 Å². The minimum Gasteiger partial charge on any atom is -0.334 e. The van der Waals surface area contributed by atoms with Gasteiger partial charge in [-0.05, 0) is 30.7 Å². The van der Waals surface area contributed by atoms with Crippen molar-refractivity contribution in [3.05, 3.63) is 66.9 Å². The van der Waals surface area contributed by atoms with Crippen molar-refractivity contribution in [3.8, 4) is 34.1 Å². The predicted octanol–water partition coefficient (Wildman–Crippen LogP) is 3.56. The predicted molar refractivity (Wildman–Crippen MR) is 88.7 cm³/mol. The molecule has 0 saturated carbocycles. The molecule has 0 aliphatic rings. The van der Waals surface area contributed by atoms with E-state index in [0.717, 1.165) is 22.3 Å². The number of aromatic nitrogens is 5. The monoisotopic (exact) mass is 315 g/mol. The third kappa shape index (κ3) is 2.54. The summed E-state index contributed by atoms with van der Waals surface area (Å²) >= 11 is 0. The molecule has 0 saturated heterocycles. The molecule has 0 N–H and O–H groups in total. The Morgan fingerprint density at radius 2 is 1.88 bits per heavy atom. The minimum atomic E-state index is 0.439. The summed E-state index contributed by atoms with van der Waals surface area (Å²) in [6.07, 6.45) is 8.78. The van der Waals surface area contributed by atoms with Gasteiger partial charge in [0.05, 0.1) is 5.56 Å². The van der Waals surface area contributed by atoms with Crippen molar-refractivity contribution in [3.63, 3.8) is 0 Å². The van der Waals surface area contributed by atoms with Crippen molar-refractivity contribution in [1.82, 2.24) is 25.1 Å². The zero-order valence-corrected chi connectivity index (χ0v) is 12.9. The number of aryl methyl sites for hydroxylation is 1. The largest absolute Gasteiger partial charge is 0.334 e. The maximum Gasteiger partial charge on any atom is 0.259 e. The van der Waals surface area contributed by atoms with Crippen LogP contribution in [0.3, 0.4) is 0 Å². The van der Waals surface area contributed by atoms with Crippen molar-refractivity contribution in [2.24, 2.45) is 0 Å². The molecule has 4 aromatic heterocycles. The Kier molecular flexibility index (Phi) is 3.55. The molecule has 4 aromatic rings. The van der Waals surface area contributed by atoms with Gasteiger partial charge < -0.3 is 4.52 Å². The molecule has 0 unspecified atom stereocenters. The number of rotatable bonds is 3. The van der Waals surface area contributed by atoms with Crippen LogP contribution in [-0.2, 0) is 0 Å². The first kappa shape index (κ1) is 14.2. The van der Waals surface area contributed by atoms with Crippen molar-refractivity contribution in [2.75, 3.05) is 0 Å². The van der Waals surface area contributed by atoms with Crippen molar-refractivity contribution in [1.29, 1.82) is 0 Å². The van der Waals surface area contributed by atoms with Gasteiger partial charge in [-0.25, -0.2) is 0 Å². The third-order valence-corrected chi connectivity index (χ3v) is 3.64. The molecule has 0 amide bonds. The average Bonchev–Trinajstić information content (AvgIpc) is 3.13. The van der Waals surface area contributed by atoms with E-state index < -0.39 is 0 Å². The van der Waals surface area contributed by atoms with E-state index in [1.807, 2.05) is 37.3 Å². The second-order valence-electron chi connectivity index (χ2n) is 5.26. The zero-order valence-electron chi connectivity index (χ0n) is 12.9. The maximum atomic E-state index is 5.50. The fourth-order valence-corrected chi connectivity index (χ4v) is 2.51. The fourth-order valence-electron chi connectivity index (χ4n) is 2.51. The van der Waals surface area contributed by atoms with Crippen LogP contribution in [0.15, 0.2) is 65.8 Å². The van der Waals surface area contributed by atoms with Gasteiger partial charge in [-0.1, -0.05) is 17.3 Å². The molecule has 116 valence electrons. The smallest absolute Gasteiger partial charge is 0.259 e. The summed E-state index contributed by atoms with van der Waals surface area (Å²) in [4.78, 5) is 17.2. The summed E-state index contributed by atoms with van der Waals surface area (Å²) in [6, 6.07) is 9.43. The Balaban J connectivity index is 1.85. The van der Waals surface area contributed by atoms with Gasteiger partial charge in [0.2, 0.25) is 5.82 Å².